The predicted octanol–water partition coefficient (Wildman–Crippen LogP) is -0.915. The summed E-state index contributed by atoms with van der Waals surface area (Å²) in [4.78, 5) is 27.6. The van der Waals surface area contributed by atoms with Crippen molar-refractivity contribution in [2.45, 2.75) is 18.4 Å². The number of nitrogens with zero attached hydrogens (tertiary/aromatic N) is 2. The van der Waals surface area contributed by atoms with Crippen molar-refractivity contribution < 1.29 is 29.6 Å². The van der Waals surface area contributed by atoms with E-state index in [1.807, 2.05) is 0 Å². The van der Waals surface area contributed by atoms with Crippen molar-refractivity contribution in [3.05, 3.63) is 29.3 Å². The summed E-state index contributed by atoms with van der Waals surface area (Å²) >= 11 is 1.23. The second kappa shape index (κ2) is 7.26. The van der Waals surface area contributed by atoms with Gasteiger partial charge in [-0.05, 0) is 18.1 Å². The monoisotopic (exact) mass is 378 g/mol. The first kappa shape index (κ1) is 18.1. The van der Waals surface area contributed by atoms with Gasteiger partial charge in [0.25, 0.3) is 5.91 Å². The summed E-state index contributed by atoms with van der Waals surface area (Å²) in [6, 6.07) is 3.88. The van der Waals surface area contributed by atoms with E-state index in [4.69, 9.17) is 15.6 Å². The molecule has 0 spiro atoms. The van der Waals surface area contributed by atoms with E-state index in [2.05, 4.69) is 15.5 Å². The van der Waals surface area contributed by atoms with Gasteiger partial charge in [-0.2, -0.15) is 0 Å². The number of fused-ring (bicyclic) bond motifs is 1. The van der Waals surface area contributed by atoms with Crippen molar-refractivity contribution in [2.24, 2.45) is 15.9 Å². The van der Waals surface area contributed by atoms with E-state index in [0.29, 0.717) is 16.5 Å². The van der Waals surface area contributed by atoms with Gasteiger partial charge in [-0.15, -0.1) is 0 Å². The van der Waals surface area contributed by atoms with Gasteiger partial charge in [0.1, 0.15) is 11.8 Å². The number of carbonyl (C=O) groups is 2. The molecule has 0 fully saturated rings. The zero-order valence-corrected chi connectivity index (χ0v) is 14.1. The van der Waals surface area contributed by atoms with Crippen LogP contribution in [0.4, 0.5) is 0 Å². The van der Waals surface area contributed by atoms with Crippen LogP contribution in [0.3, 0.4) is 0 Å². The number of carboxylic acids is 1. The average Bonchev–Trinajstić information content (AvgIpc) is 3.01. The number of nitrogens with two attached hydrogens (primary N) is 1. The molecule has 1 aromatic carbocycles. The number of hydrogen-bond donors (Lipinski definition) is 5. The number of carboxylic acid groups (broad SMARTS) is 1. The molecule has 0 aromatic heterocycles. The van der Waals surface area contributed by atoms with Gasteiger partial charge in [-0.25, -0.2) is 4.79 Å². The molecule has 3 rings (SSSR count). The van der Waals surface area contributed by atoms with E-state index in [1.54, 1.807) is 12.1 Å². The van der Waals surface area contributed by atoms with Crippen LogP contribution in [0.2, 0.25) is 0 Å². The van der Waals surface area contributed by atoms with Crippen LogP contribution in [0.1, 0.15) is 15.9 Å². The Morgan fingerprint density at radius 1 is 1.46 bits per heavy atom. The van der Waals surface area contributed by atoms with Crippen LogP contribution in [-0.4, -0.2) is 62.9 Å². The van der Waals surface area contributed by atoms with Gasteiger partial charge in [-0.1, -0.05) is 29.1 Å². The maximum atomic E-state index is 12.4. The first-order chi connectivity index (χ1) is 12.4. The topological polar surface area (TPSA) is 167 Å². The van der Waals surface area contributed by atoms with Crippen molar-refractivity contribution in [1.29, 1.82) is 0 Å². The number of carbonyl (C=O) groups excluding carboxylic acids is 1. The smallest absolute Gasteiger partial charge is 0.534 e. The summed E-state index contributed by atoms with van der Waals surface area (Å²) in [5.74, 6) is -2.32. The molecule has 1 aromatic rings. The Kier molecular flexibility index (Phi) is 5.05. The van der Waals surface area contributed by atoms with Crippen LogP contribution in [-0.2, 0) is 11.2 Å². The molecule has 1 unspecified atom stereocenters. The van der Waals surface area contributed by atoms with Gasteiger partial charge in [0.15, 0.2) is 10.9 Å². The standard InChI is InChI=1S/C14H15BN4O6S/c16-14-17-8(5-26-14)10(19-24)12(20)18-9-4-6-2-1-3-7(13(21)22)11(6)25-15(9)23/h1-3,8-9,23-24H,4-5H2,(H2,16,17)(H,18,20)(H,21,22)/b19-10-/t8?,9-/m0/s1. The normalized spacial score (nSPS) is 22.3. The molecule has 0 saturated carbocycles. The van der Waals surface area contributed by atoms with E-state index in [1.165, 1.54) is 17.8 Å². The fraction of sp³-hybridized carbons (Fsp3) is 0.286. The molecule has 2 aliphatic rings. The number of hydrogen-bond acceptors (Lipinski definition) is 9. The summed E-state index contributed by atoms with van der Waals surface area (Å²) in [7, 11) is -1.46. The van der Waals surface area contributed by atoms with E-state index >= 15 is 0 Å². The van der Waals surface area contributed by atoms with Gasteiger partial charge in [0.05, 0.1) is 11.5 Å². The Bertz CT molecular complexity index is 817. The van der Waals surface area contributed by atoms with Crippen molar-refractivity contribution in [1.82, 2.24) is 5.32 Å². The first-order valence-corrected chi connectivity index (χ1v) is 8.58. The van der Waals surface area contributed by atoms with Crippen molar-refractivity contribution in [3.63, 3.8) is 0 Å². The molecule has 0 radical (unpaired) electrons. The van der Waals surface area contributed by atoms with Crippen LogP contribution in [0, 0.1) is 0 Å². The SMILES string of the molecule is NC1=NC(/C(=N/O)C(=O)N[C@H]2Cc3cccc(C(=O)O)c3OB2O)CS1. The molecule has 136 valence electrons. The van der Waals surface area contributed by atoms with E-state index in [0.717, 1.165) is 0 Å². The minimum absolute atomic E-state index is 0.0682. The Morgan fingerprint density at radius 3 is 2.85 bits per heavy atom. The number of thioether (sulfide) groups is 1. The molecular formula is C14H15BN4O6S. The second-order valence-corrected chi connectivity index (χ2v) is 6.71. The van der Waals surface area contributed by atoms with Crippen LogP contribution >= 0.6 is 11.8 Å². The molecule has 6 N–H and O–H groups in total. The number of amides is 1. The van der Waals surface area contributed by atoms with E-state index < -0.39 is 31.0 Å². The molecular weight excluding hydrogens is 363 g/mol. The fourth-order valence-corrected chi connectivity index (χ4v) is 3.52. The Morgan fingerprint density at radius 2 is 2.23 bits per heavy atom. The molecule has 0 aliphatic carbocycles. The van der Waals surface area contributed by atoms with Crippen molar-refractivity contribution in [3.8, 4) is 5.75 Å². The minimum Gasteiger partial charge on any atom is -0.534 e. The number of nitrogens with one attached hydrogen (secondary N) is 1. The lowest BCUT2D eigenvalue weighted by Gasteiger charge is -2.29. The quantitative estimate of drug-likeness (QED) is 0.194. The number of oxime groups is 1. The summed E-state index contributed by atoms with van der Waals surface area (Å²) in [6.07, 6.45) is 0.146. The highest BCUT2D eigenvalue weighted by Crippen LogP contribution is 2.30. The molecule has 0 bridgehead atoms. The number of aliphatic imine (C=N–C) groups is 1. The summed E-state index contributed by atoms with van der Waals surface area (Å²) < 4.78 is 5.30. The first-order valence-electron chi connectivity index (χ1n) is 7.59. The highest BCUT2D eigenvalue weighted by atomic mass is 32.2. The summed E-state index contributed by atoms with van der Waals surface area (Å²) in [6.45, 7) is 0. The summed E-state index contributed by atoms with van der Waals surface area (Å²) in [5, 5.41) is 34.3. The van der Waals surface area contributed by atoms with Crippen LogP contribution in [0.25, 0.3) is 0 Å². The number of para-hydroxylation sites is 1. The van der Waals surface area contributed by atoms with Crippen LogP contribution in [0.5, 0.6) is 5.75 Å². The zero-order chi connectivity index (χ0) is 18.8. The largest absolute Gasteiger partial charge is 0.547 e. The van der Waals surface area contributed by atoms with Crippen LogP contribution in [0.15, 0.2) is 28.3 Å². The molecule has 2 atom stereocenters. The van der Waals surface area contributed by atoms with Gasteiger partial charge in [-0.3, -0.25) is 9.79 Å². The zero-order valence-electron chi connectivity index (χ0n) is 13.3. The average molecular weight is 378 g/mol. The third-order valence-electron chi connectivity index (χ3n) is 3.99. The number of aromatic carboxylic acids is 1. The lowest BCUT2D eigenvalue weighted by atomic mass is 9.72. The minimum atomic E-state index is -1.46. The number of rotatable bonds is 4. The van der Waals surface area contributed by atoms with E-state index in [-0.39, 0.29) is 23.4 Å². The number of amidine groups is 1. The lowest BCUT2D eigenvalue weighted by molar-refractivity contribution is -0.115. The highest BCUT2D eigenvalue weighted by molar-refractivity contribution is 8.14. The molecule has 1 amide bonds. The molecule has 12 heteroatoms. The lowest BCUT2D eigenvalue weighted by Crippen LogP contribution is -2.55. The van der Waals surface area contributed by atoms with Gasteiger partial charge < -0.3 is 31.0 Å². The maximum Gasteiger partial charge on any atom is 0.547 e. The van der Waals surface area contributed by atoms with Crippen molar-refractivity contribution in [2.75, 3.05) is 5.75 Å². The third-order valence-corrected chi connectivity index (χ3v) is 4.88. The molecule has 10 nitrogen and oxygen atoms in total. The molecule has 0 saturated heterocycles. The van der Waals surface area contributed by atoms with Gasteiger partial charge in [0, 0.05) is 5.75 Å². The van der Waals surface area contributed by atoms with Gasteiger partial charge in [0.2, 0.25) is 0 Å². The highest BCUT2D eigenvalue weighted by Gasteiger charge is 2.39. The predicted molar refractivity (Wildman–Crippen MR) is 94.7 cm³/mol. The van der Waals surface area contributed by atoms with E-state index in [9.17, 15) is 19.7 Å². The third kappa shape index (κ3) is 3.46. The Balaban J connectivity index is 1.76. The molecule has 26 heavy (non-hydrogen) atoms. The molecule has 2 aliphatic heterocycles. The number of benzene rings is 1. The molecule has 2 heterocycles. The maximum absolute atomic E-state index is 12.4. The Labute approximate surface area is 152 Å². The second-order valence-electron chi connectivity index (χ2n) is 5.67. The summed E-state index contributed by atoms with van der Waals surface area (Å²) in [5.41, 5.74) is 5.78. The van der Waals surface area contributed by atoms with Crippen LogP contribution < -0.4 is 15.7 Å². The Hall–Kier alpha value is -2.73. The van der Waals surface area contributed by atoms with Crippen molar-refractivity contribution >= 4 is 41.6 Å². The van der Waals surface area contributed by atoms with Gasteiger partial charge >= 0.3 is 13.1 Å². The fourth-order valence-electron chi connectivity index (χ4n) is 2.75.